The lowest BCUT2D eigenvalue weighted by Crippen LogP contribution is -2.37. The Hall–Kier alpha value is -1.32. The lowest BCUT2D eigenvalue weighted by molar-refractivity contribution is -0.123. The summed E-state index contributed by atoms with van der Waals surface area (Å²) in [6, 6.07) is 0. The molecule has 0 saturated carbocycles. The van der Waals surface area contributed by atoms with Gasteiger partial charge in [0.15, 0.2) is 5.78 Å². The summed E-state index contributed by atoms with van der Waals surface area (Å²) in [4.78, 5) is 24.3. The number of nitrogens with zero attached hydrogens (tertiary/aromatic N) is 1. The Kier molecular flexibility index (Phi) is 2.75. The van der Waals surface area contributed by atoms with Gasteiger partial charge >= 0.3 is 0 Å². The number of allylic oxidation sites excluding steroid dienone is 2. The second kappa shape index (κ2) is 4.04. The molecule has 0 aromatic rings. The first kappa shape index (κ1) is 10.2. The van der Waals surface area contributed by atoms with Gasteiger partial charge in [-0.15, -0.1) is 0 Å². The number of rotatable bonds is 2. The van der Waals surface area contributed by atoms with Crippen LogP contribution in [0.2, 0.25) is 0 Å². The third kappa shape index (κ3) is 2.19. The van der Waals surface area contributed by atoms with Gasteiger partial charge in [-0.05, 0) is 19.3 Å². The molecule has 1 saturated heterocycles. The Balaban J connectivity index is 1.91. The Morgan fingerprint density at radius 2 is 2.00 bits per heavy atom. The maximum Gasteiger partial charge on any atom is 0.220 e. The summed E-state index contributed by atoms with van der Waals surface area (Å²) in [7, 11) is 0. The van der Waals surface area contributed by atoms with Gasteiger partial charge in [0.1, 0.15) is 0 Å². The van der Waals surface area contributed by atoms with Crippen LogP contribution in [0.25, 0.3) is 0 Å². The standard InChI is InChI=1S/C11H16N2O2/c12-11(15)8-3-5-13(6-4-8)9-1-2-10(14)7-9/h7-8H,1-6H2,(H2,12,15). The fourth-order valence-corrected chi connectivity index (χ4v) is 2.28. The van der Waals surface area contributed by atoms with E-state index >= 15 is 0 Å². The van der Waals surface area contributed by atoms with E-state index in [2.05, 4.69) is 4.90 Å². The zero-order valence-electron chi connectivity index (χ0n) is 8.74. The van der Waals surface area contributed by atoms with Crippen LogP contribution in [0.4, 0.5) is 0 Å². The summed E-state index contributed by atoms with van der Waals surface area (Å²) in [6.07, 6.45) is 4.89. The van der Waals surface area contributed by atoms with Crippen molar-refractivity contribution in [2.45, 2.75) is 25.7 Å². The number of amides is 1. The molecule has 4 nitrogen and oxygen atoms in total. The van der Waals surface area contributed by atoms with Crippen molar-refractivity contribution in [1.82, 2.24) is 4.90 Å². The number of hydrogen-bond donors (Lipinski definition) is 1. The van der Waals surface area contributed by atoms with Gasteiger partial charge in [0.25, 0.3) is 0 Å². The molecule has 82 valence electrons. The fraction of sp³-hybridized carbons (Fsp3) is 0.636. The Morgan fingerprint density at radius 3 is 2.47 bits per heavy atom. The molecule has 2 rings (SSSR count). The third-order valence-electron chi connectivity index (χ3n) is 3.26. The van der Waals surface area contributed by atoms with Crippen LogP contribution in [-0.4, -0.2) is 29.7 Å². The number of primary amides is 1. The summed E-state index contributed by atoms with van der Waals surface area (Å²) in [5, 5.41) is 0. The maximum absolute atomic E-state index is 11.1. The van der Waals surface area contributed by atoms with Gasteiger partial charge in [-0.25, -0.2) is 0 Å². The monoisotopic (exact) mass is 208 g/mol. The summed E-state index contributed by atoms with van der Waals surface area (Å²) < 4.78 is 0. The average Bonchev–Trinajstić information content (AvgIpc) is 2.65. The van der Waals surface area contributed by atoms with Crippen molar-refractivity contribution in [2.24, 2.45) is 11.7 Å². The smallest absolute Gasteiger partial charge is 0.220 e. The Bertz CT molecular complexity index is 315. The first-order chi connectivity index (χ1) is 7.16. The molecule has 1 aliphatic heterocycles. The number of hydrogen-bond acceptors (Lipinski definition) is 3. The third-order valence-corrected chi connectivity index (χ3v) is 3.26. The Labute approximate surface area is 89.1 Å². The zero-order valence-corrected chi connectivity index (χ0v) is 8.74. The zero-order chi connectivity index (χ0) is 10.8. The van der Waals surface area contributed by atoms with Crippen LogP contribution in [0, 0.1) is 5.92 Å². The van der Waals surface area contributed by atoms with Crippen molar-refractivity contribution >= 4 is 11.7 Å². The first-order valence-corrected chi connectivity index (χ1v) is 5.44. The minimum absolute atomic E-state index is 0.0268. The van der Waals surface area contributed by atoms with Gasteiger partial charge in [0.2, 0.25) is 5.91 Å². The number of piperidine rings is 1. The Morgan fingerprint density at radius 1 is 1.33 bits per heavy atom. The number of likely N-dealkylation sites (tertiary alicyclic amines) is 1. The van der Waals surface area contributed by atoms with Crippen LogP contribution in [0.15, 0.2) is 11.8 Å². The van der Waals surface area contributed by atoms with Crippen molar-refractivity contribution in [3.8, 4) is 0 Å². The van der Waals surface area contributed by atoms with Crippen LogP contribution < -0.4 is 5.73 Å². The summed E-state index contributed by atoms with van der Waals surface area (Å²) in [5.41, 5.74) is 6.40. The van der Waals surface area contributed by atoms with E-state index in [1.54, 1.807) is 6.08 Å². The molecule has 1 fully saturated rings. The van der Waals surface area contributed by atoms with E-state index in [4.69, 9.17) is 5.73 Å². The lowest BCUT2D eigenvalue weighted by atomic mass is 9.96. The molecule has 2 aliphatic rings. The van der Waals surface area contributed by atoms with Crippen LogP contribution in [-0.2, 0) is 9.59 Å². The maximum atomic E-state index is 11.1. The van der Waals surface area contributed by atoms with Gasteiger partial charge in [-0.1, -0.05) is 0 Å². The number of ketones is 1. The van der Waals surface area contributed by atoms with Crippen molar-refractivity contribution in [2.75, 3.05) is 13.1 Å². The van der Waals surface area contributed by atoms with E-state index in [0.29, 0.717) is 6.42 Å². The molecule has 0 spiro atoms. The molecule has 2 N–H and O–H groups in total. The minimum atomic E-state index is -0.189. The molecule has 1 amide bonds. The van der Waals surface area contributed by atoms with Crippen LogP contribution >= 0.6 is 0 Å². The predicted octanol–water partition coefficient (Wildman–Crippen LogP) is 0.430. The SMILES string of the molecule is NC(=O)C1CCN(C2=CC(=O)CC2)CC1. The highest BCUT2D eigenvalue weighted by Gasteiger charge is 2.26. The van der Waals surface area contributed by atoms with E-state index in [9.17, 15) is 9.59 Å². The van der Waals surface area contributed by atoms with Crippen molar-refractivity contribution in [3.05, 3.63) is 11.8 Å². The number of carbonyl (C=O) groups is 2. The van der Waals surface area contributed by atoms with Crippen molar-refractivity contribution in [1.29, 1.82) is 0 Å². The molecule has 0 atom stereocenters. The molecule has 4 heteroatoms. The van der Waals surface area contributed by atoms with Gasteiger partial charge in [0, 0.05) is 37.2 Å². The second-order valence-corrected chi connectivity index (χ2v) is 4.27. The number of nitrogens with two attached hydrogens (primary N) is 1. The topological polar surface area (TPSA) is 63.4 Å². The molecule has 0 aromatic heterocycles. The van der Waals surface area contributed by atoms with E-state index in [1.165, 1.54) is 0 Å². The molecular weight excluding hydrogens is 192 g/mol. The summed E-state index contributed by atoms with van der Waals surface area (Å²) in [6.45, 7) is 1.71. The molecule has 1 aliphatic carbocycles. The van der Waals surface area contributed by atoms with Gasteiger partial charge in [-0.2, -0.15) is 0 Å². The highest BCUT2D eigenvalue weighted by Crippen LogP contribution is 2.25. The fourth-order valence-electron chi connectivity index (χ4n) is 2.28. The van der Waals surface area contributed by atoms with E-state index in [-0.39, 0.29) is 17.6 Å². The van der Waals surface area contributed by atoms with Gasteiger partial charge < -0.3 is 10.6 Å². The van der Waals surface area contributed by atoms with Crippen molar-refractivity contribution in [3.63, 3.8) is 0 Å². The number of carbonyl (C=O) groups excluding carboxylic acids is 2. The average molecular weight is 208 g/mol. The van der Waals surface area contributed by atoms with E-state index in [0.717, 1.165) is 38.0 Å². The largest absolute Gasteiger partial charge is 0.375 e. The molecule has 0 unspecified atom stereocenters. The normalized spacial score (nSPS) is 23.1. The molecule has 0 bridgehead atoms. The molecule has 1 heterocycles. The lowest BCUT2D eigenvalue weighted by Gasteiger charge is -2.33. The predicted molar refractivity (Wildman–Crippen MR) is 55.8 cm³/mol. The molecular formula is C11H16N2O2. The second-order valence-electron chi connectivity index (χ2n) is 4.27. The van der Waals surface area contributed by atoms with Gasteiger partial charge in [0.05, 0.1) is 0 Å². The molecule has 0 radical (unpaired) electrons. The molecule has 0 aromatic carbocycles. The molecule has 15 heavy (non-hydrogen) atoms. The highest BCUT2D eigenvalue weighted by atomic mass is 16.1. The minimum Gasteiger partial charge on any atom is -0.375 e. The van der Waals surface area contributed by atoms with Crippen LogP contribution in [0.3, 0.4) is 0 Å². The van der Waals surface area contributed by atoms with E-state index < -0.39 is 0 Å². The van der Waals surface area contributed by atoms with Crippen molar-refractivity contribution < 1.29 is 9.59 Å². The van der Waals surface area contributed by atoms with Crippen LogP contribution in [0.1, 0.15) is 25.7 Å². The summed E-state index contributed by atoms with van der Waals surface area (Å²) in [5.74, 6) is 0.0621. The van der Waals surface area contributed by atoms with Crippen LogP contribution in [0.5, 0.6) is 0 Å². The quantitative estimate of drug-likeness (QED) is 0.715. The first-order valence-electron chi connectivity index (χ1n) is 5.44. The summed E-state index contributed by atoms with van der Waals surface area (Å²) >= 11 is 0. The van der Waals surface area contributed by atoms with E-state index in [1.807, 2.05) is 0 Å². The highest BCUT2D eigenvalue weighted by molar-refractivity contribution is 5.92. The van der Waals surface area contributed by atoms with Gasteiger partial charge in [-0.3, -0.25) is 9.59 Å².